The summed E-state index contributed by atoms with van der Waals surface area (Å²) >= 11 is 0. The standard InChI is InChI=1S/C24H17F3N2O3/c25-24(26,27)16-10-7-13-18(14-16)28-22(30)19-20(15-8-3-1-4-9-15)29(32-21(19)23(28)31)17-11-5-2-6-12-17/h1-14,19-21H/t19-,20-,21-/m1/s1. The molecule has 5 nitrogen and oxygen atoms in total. The SMILES string of the molecule is O=C1[C@@H]2[C@@H](c3ccccc3)N(c3ccccc3)O[C@H]2C(=O)N1c1cccc(C(F)(F)F)c1. The number of fused-ring (bicyclic) bond motifs is 1. The number of benzene rings is 3. The lowest BCUT2D eigenvalue weighted by Gasteiger charge is -2.28. The molecule has 0 saturated carbocycles. The number of alkyl halides is 3. The molecule has 0 radical (unpaired) electrons. The first-order valence-electron chi connectivity index (χ1n) is 9.97. The average molecular weight is 438 g/mol. The van der Waals surface area contributed by atoms with Crippen LogP contribution in [-0.2, 0) is 20.6 Å². The number of anilines is 2. The monoisotopic (exact) mass is 438 g/mol. The van der Waals surface area contributed by atoms with E-state index in [0.29, 0.717) is 5.69 Å². The number of para-hydroxylation sites is 1. The minimum absolute atomic E-state index is 0.120. The molecule has 5 rings (SSSR count). The van der Waals surface area contributed by atoms with Crippen molar-refractivity contribution in [2.45, 2.75) is 18.3 Å². The molecule has 2 amide bonds. The third-order valence-electron chi connectivity index (χ3n) is 5.70. The number of amides is 2. The molecule has 2 aliphatic heterocycles. The smallest absolute Gasteiger partial charge is 0.273 e. The van der Waals surface area contributed by atoms with Crippen molar-refractivity contribution < 1.29 is 27.6 Å². The first kappa shape index (κ1) is 20.3. The van der Waals surface area contributed by atoms with Crippen molar-refractivity contribution in [3.63, 3.8) is 0 Å². The predicted octanol–water partition coefficient (Wildman–Crippen LogP) is 4.76. The average Bonchev–Trinajstić information content (AvgIpc) is 3.30. The summed E-state index contributed by atoms with van der Waals surface area (Å²) in [5.41, 5.74) is 0.378. The number of hydroxylamine groups is 1. The van der Waals surface area contributed by atoms with Gasteiger partial charge in [-0.25, -0.2) is 9.96 Å². The van der Waals surface area contributed by atoms with Gasteiger partial charge in [0, 0.05) is 0 Å². The van der Waals surface area contributed by atoms with Crippen molar-refractivity contribution >= 4 is 23.2 Å². The molecule has 0 aromatic heterocycles. The van der Waals surface area contributed by atoms with Crippen LogP contribution in [0.5, 0.6) is 0 Å². The molecular formula is C24H17F3N2O3. The normalized spacial score (nSPS) is 23.0. The fourth-order valence-electron chi connectivity index (χ4n) is 4.28. The van der Waals surface area contributed by atoms with Gasteiger partial charge in [0.05, 0.1) is 23.0 Å². The number of halogens is 3. The maximum atomic E-state index is 13.4. The Morgan fingerprint density at radius 1 is 0.750 bits per heavy atom. The van der Waals surface area contributed by atoms with Crippen molar-refractivity contribution in [1.29, 1.82) is 0 Å². The summed E-state index contributed by atoms with van der Waals surface area (Å²) in [6.07, 6.45) is -5.73. The van der Waals surface area contributed by atoms with Gasteiger partial charge in [-0.15, -0.1) is 0 Å². The Morgan fingerprint density at radius 2 is 1.38 bits per heavy atom. The summed E-state index contributed by atoms with van der Waals surface area (Å²) in [7, 11) is 0. The summed E-state index contributed by atoms with van der Waals surface area (Å²) in [6, 6.07) is 21.8. The molecule has 2 saturated heterocycles. The second-order valence-corrected chi connectivity index (χ2v) is 7.63. The number of hydrogen-bond donors (Lipinski definition) is 0. The Balaban J connectivity index is 1.56. The zero-order valence-electron chi connectivity index (χ0n) is 16.6. The highest BCUT2D eigenvalue weighted by atomic mass is 19.4. The Bertz CT molecular complexity index is 1170. The van der Waals surface area contributed by atoms with E-state index in [1.54, 1.807) is 17.2 Å². The highest BCUT2D eigenvalue weighted by molar-refractivity contribution is 6.24. The molecule has 3 aromatic carbocycles. The molecule has 162 valence electrons. The van der Waals surface area contributed by atoms with Crippen LogP contribution in [-0.4, -0.2) is 17.9 Å². The second-order valence-electron chi connectivity index (χ2n) is 7.63. The molecule has 2 fully saturated rings. The summed E-state index contributed by atoms with van der Waals surface area (Å²) in [5.74, 6) is -2.18. The number of imide groups is 1. The van der Waals surface area contributed by atoms with Gasteiger partial charge in [-0.2, -0.15) is 13.2 Å². The molecule has 0 unspecified atom stereocenters. The first-order chi connectivity index (χ1) is 15.4. The lowest BCUT2D eigenvalue weighted by atomic mass is 9.90. The molecule has 0 N–H and O–H groups in total. The van der Waals surface area contributed by atoms with Crippen LogP contribution in [0.1, 0.15) is 17.2 Å². The molecule has 2 aliphatic rings. The summed E-state index contributed by atoms with van der Waals surface area (Å²) in [5, 5.41) is 1.55. The Kier molecular flexibility index (Phi) is 4.74. The van der Waals surface area contributed by atoms with Crippen molar-refractivity contribution in [3.8, 4) is 0 Å². The summed E-state index contributed by atoms with van der Waals surface area (Å²) in [4.78, 5) is 33.4. The van der Waals surface area contributed by atoms with Gasteiger partial charge >= 0.3 is 6.18 Å². The number of carbonyl (C=O) groups excluding carboxylic acids is 2. The van der Waals surface area contributed by atoms with Crippen LogP contribution in [0.25, 0.3) is 0 Å². The molecular weight excluding hydrogens is 421 g/mol. The van der Waals surface area contributed by atoms with Crippen LogP contribution in [0.15, 0.2) is 84.9 Å². The van der Waals surface area contributed by atoms with Gasteiger partial charge in [-0.3, -0.25) is 14.4 Å². The van der Waals surface area contributed by atoms with Crippen LogP contribution in [0, 0.1) is 5.92 Å². The number of carbonyl (C=O) groups is 2. The second kappa shape index (κ2) is 7.49. The van der Waals surface area contributed by atoms with Crippen molar-refractivity contribution in [2.24, 2.45) is 5.92 Å². The fourth-order valence-corrected chi connectivity index (χ4v) is 4.28. The van der Waals surface area contributed by atoms with Crippen molar-refractivity contribution in [2.75, 3.05) is 9.96 Å². The molecule has 2 heterocycles. The van der Waals surface area contributed by atoms with Crippen LogP contribution in [0.4, 0.5) is 24.5 Å². The molecule has 3 atom stereocenters. The van der Waals surface area contributed by atoms with Crippen LogP contribution >= 0.6 is 0 Å². The predicted molar refractivity (Wildman–Crippen MR) is 110 cm³/mol. The molecule has 8 heteroatoms. The Morgan fingerprint density at radius 3 is 2.03 bits per heavy atom. The van der Waals surface area contributed by atoms with Gasteiger partial charge in [0.2, 0.25) is 5.91 Å². The van der Waals surface area contributed by atoms with E-state index in [-0.39, 0.29) is 5.69 Å². The van der Waals surface area contributed by atoms with Gasteiger partial charge in [-0.05, 0) is 35.9 Å². The van der Waals surface area contributed by atoms with Crippen LogP contribution in [0.3, 0.4) is 0 Å². The zero-order valence-corrected chi connectivity index (χ0v) is 16.6. The Labute approximate surface area is 181 Å². The largest absolute Gasteiger partial charge is 0.416 e. The summed E-state index contributed by atoms with van der Waals surface area (Å²) in [6.45, 7) is 0. The summed E-state index contributed by atoms with van der Waals surface area (Å²) < 4.78 is 39.5. The minimum Gasteiger partial charge on any atom is -0.273 e. The minimum atomic E-state index is -4.59. The number of nitrogens with zero attached hydrogens (tertiary/aromatic N) is 2. The lowest BCUT2D eigenvalue weighted by molar-refractivity contribution is -0.137. The van der Waals surface area contributed by atoms with E-state index < -0.39 is 41.6 Å². The maximum absolute atomic E-state index is 13.4. The third-order valence-corrected chi connectivity index (χ3v) is 5.70. The van der Waals surface area contributed by atoms with Crippen molar-refractivity contribution in [3.05, 3.63) is 96.1 Å². The fraction of sp³-hybridized carbons (Fsp3) is 0.167. The molecule has 32 heavy (non-hydrogen) atoms. The van der Waals surface area contributed by atoms with E-state index in [1.807, 2.05) is 48.5 Å². The third kappa shape index (κ3) is 3.23. The maximum Gasteiger partial charge on any atom is 0.416 e. The highest BCUT2D eigenvalue weighted by Crippen LogP contribution is 2.47. The lowest BCUT2D eigenvalue weighted by Crippen LogP contribution is -2.37. The van der Waals surface area contributed by atoms with E-state index in [1.165, 1.54) is 12.1 Å². The topological polar surface area (TPSA) is 49.9 Å². The molecule has 3 aromatic rings. The van der Waals surface area contributed by atoms with E-state index in [0.717, 1.165) is 22.6 Å². The van der Waals surface area contributed by atoms with Gasteiger partial charge in [0.15, 0.2) is 6.10 Å². The van der Waals surface area contributed by atoms with Gasteiger partial charge in [0.1, 0.15) is 5.92 Å². The van der Waals surface area contributed by atoms with E-state index in [9.17, 15) is 22.8 Å². The van der Waals surface area contributed by atoms with E-state index in [4.69, 9.17) is 4.84 Å². The molecule has 0 bridgehead atoms. The quantitative estimate of drug-likeness (QED) is 0.554. The van der Waals surface area contributed by atoms with E-state index >= 15 is 0 Å². The van der Waals surface area contributed by atoms with Gasteiger partial charge in [0.25, 0.3) is 5.91 Å². The number of hydrogen-bond acceptors (Lipinski definition) is 4. The van der Waals surface area contributed by atoms with Crippen LogP contribution < -0.4 is 9.96 Å². The Hall–Kier alpha value is -3.65. The number of rotatable bonds is 3. The first-order valence-corrected chi connectivity index (χ1v) is 9.97. The van der Waals surface area contributed by atoms with Crippen molar-refractivity contribution in [1.82, 2.24) is 0 Å². The highest BCUT2D eigenvalue weighted by Gasteiger charge is 2.60. The molecule has 0 spiro atoms. The van der Waals surface area contributed by atoms with Gasteiger partial charge < -0.3 is 0 Å². The zero-order chi connectivity index (χ0) is 22.5. The van der Waals surface area contributed by atoms with E-state index in [2.05, 4.69) is 0 Å². The van der Waals surface area contributed by atoms with Gasteiger partial charge in [-0.1, -0.05) is 54.6 Å². The van der Waals surface area contributed by atoms with Crippen LogP contribution in [0.2, 0.25) is 0 Å². The molecule has 0 aliphatic carbocycles.